The van der Waals surface area contributed by atoms with E-state index in [4.69, 9.17) is 12.3 Å². The molecule has 0 fully saturated rings. The molecule has 1 aromatic heterocycles. The van der Waals surface area contributed by atoms with E-state index in [1.54, 1.807) is 0 Å². The maximum atomic E-state index is 7.99. The first-order chi connectivity index (χ1) is 8.25. The normalized spacial score (nSPS) is 33.9. The van der Waals surface area contributed by atoms with Crippen LogP contribution < -0.4 is 0 Å². The van der Waals surface area contributed by atoms with Crippen molar-refractivity contribution >= 4 is 15.9 Å². The van der Waals surface area contributed by atoms with Crippen molar-refractivity contribution in [2.75, 3.05) is 0 Å². The van der Waals surface area contributed by atoms with Crippen molar-refractivity contribution in [1.82, 2.24) is 9.55 Å². The predicted octanol–water partition coefficient (Wildman–Crippen LogP) is 2.62. The molecule has 2 nitrogen and oxygen atoms in total. The summed E-state index contributed by atoms with van der Waals surface area (Å²) in [6.07, 6.45) is -1.33. The van der Waals surface area contributed by atoms with Crippen molar-refractivity contribution < 1.29 is 12.3 Å². The zero-order valence-electron chi connectivity index (χ0n) is 13.9. The summed E-state index contributed by atoms with van der Waals surface area (Å²) in [5, 5.41) is 0. The van der Waals surface area contributed by atoms with Gasteiger partial charge in [0, 0.05) is 23.2 Å². The summed E-state index contributed by atoms with van der Waals surface area (Å²) < 4.78 is 67.7. The van der Waals surface area contributed by atoms with Gasteiger partial charge in [0.1, 0.15) is 4.60 Å². The van der Waals surface area contributed by atoms with E-state index in [0.717, 1.165) is 12.5 Å². The van der Waals surface area contributed by atoms with E-state index in [1.807, 2.05) is 0 Å². The maximum absolute atomic E-state index is 7.99. The van der Waals surface area contributed by atoms with Gasteiger partial charge in [0.15, 0.2) is 0 Å². The predicted molar refractivity (Wildman–Crippen MR) is 44.9 cm³/mol. The van der Waals surface area contributed by atoms with Gasteiger partial charge >= 0.3 is 0 Å². The maximum Gasteiger partial charge on any atom is 0.124 e. The second-order valence-electron chi connectivity index (χ2n) is 1.58. The van der Waals surface area contributed by atoms with Crippen molar-refractivity contribution in [2.45, 2.75) is 26.1 Å². The molecule has 0 aromatic carbocycles. The van der Waals surface area contributed by atoms with Crippen LogP contribution in [0, 0.1) is 0 Å². The average Bonchev–Trinajstić information content (AvgIpc) is 2.59. The molecular weight excluding hydrogens is 192 g/mol. The van der Waals surface area contributed by atoms with E-state index in [1.165, 1.54) is 0 Å². The minimum Gasteiger partial charge on any atom is -0.334 e. The van der Waals surface area contributed by atoms with Gasteiger partial charge in [-0.1, -0.05) is 6.85 Å². The zero-order chi connectivity index (χ0) is 15.3. The molecule has 0 saturated heterocycles. The molecule has 1 heterocycles. The smallest absolute Gasteiger partial charge is 0.124 e. The van der Waals surface area contributed by atoms with Gasteiger partial charge in [-0.3, -0.25) is 0 Å². The molecule has 0 aliphatic rings. The zero-order valence-corrected chi connectivity index (χ0v) is 6.51. The Labute approximate surface area is 82.0 Å². The summed E-state index contributed by atoms with van der Waals surface area (Å²) in [6.45, 7) is -6.48. The lowest BCUT2D eigenvalue weighted by Crippen LogP contribution is -1.99. The quantitative estimate of drug-likeness (QED) is 0.736. The van der Waals surface area contributed by atoms with Crippen molar-refractivity contribution in [3.05, 3.63) is 17.1 Å². The summed E-state index contributed by atoms with van der Waals surface area (Å²) in [4.78, 5) is 3.65. The minimum absolute atomic E-state index is 0.176. The number of imidazole rings is 1. The Balaban J connectivity index is 3.55. The molecule has 10 heavy (non-hydrogen) atoms. The third-order valence-corrected chi connectivity index (χ3v) is 1.34. The van der Waals surface area contributed by atoms with Crippen LogP contribution in [-0.2, 0) is 0 Å². The van der Waals surface area contributed by atoms with Crippen LogP contribution in [0.5, 0.6) is 0 Å². The van der Waals surface area contributed by atoms with Crippen LogP contribution in [0.3, 0.4) is 0 Å². The molecular formula is C7H11BrN2. The van der Waals surface area contributed by atoms with E-state index in [2.05, 4.69) is 20.9 Å². The largest absolute Gasteiger partial charge is 0.334 e. The van der Waals surface area contributed by atoms with Gasteiger partial charge in [-0.15, -0.1) is 0 Å². The van der Waals surface area contributed by atoms with E-state index in [0.29, 0.717) is 4.57 Å². The number of nitrogens with zero attached hydrogens (tertiary/aromatic N) is 2. The summed E-state index contributed by atoms with van der Waals surface area (Å²) >= 11 is 2.95. The average molecular weight is 212 g/mol. The lowest BCUT2D eigenvalue weighted by molar-refractivity contribution is 0.530. The fourth-order valence-electron chi connectivity index (χ4n) is 0.486. The Morgan fingerprint density at radius 1 is 2.20 bits per heavy atom. The highest BCUT2D eigenvalue weighted by Gasteiger charge is 2.00. The third-order valence-electron chi connectivity index (χ3n) is 0.928. The van der Waals surface area contributed by atoms with Gasteiger partial charge in [-0.05, 0) is 29.2 Å². The molecule has 0 spiro atoms. The Bertz CT molecular complexity index is 462. The second kappa shape index (κ2) is 3.19. The van der Waals surface area contributed by atoms with Gasteiger partial charge in [0.2, 0.25) is 0 Å². The number of hydrogen-bond acceptors (Lipinski definition) is 1. The number of rotatable bonds is 2. The molecule has 0 aliphatic carbocycles. The summed E-state index contributed by atoms with van der Waals surface area (Å²) in [5.41, 5.74) is 0. The van der Waals surface area contributed by atoms with E-state index < -0.39 is 26.1 Å². The minimum atomic E-state index is -3.30. The Hall–Kier alpha value is -0.310. The van der Waals surface area contributed by atoms with Gasteiger partial charge in [-0.2, -0.15) is 0 Å². The SMILES string of the molecule is [2H]C([2H])([2H])C([2H])([2H])C([2H])(n1cnc(Br)c1)C([2H])([2H])[2H]. The topological polar surface area (TPSA) is 17.8 Å². The highest BCUT2D eigenvalue weighted by atomic mass is 79.9. The van der Waals surface area contributed by atoms with Crippen molar-refractivity contribution in [1.29, 1.82) is 0 Å². The molecule has 1 aromatic rings. The molecule has 1 rings (SSSR count). The molecule has 56 valence electrons. The Morgan fingerprint density at radius 2 is 3.10 bits per heavy atom. The first-order valence-electron chi connectivity index (χ1n) is 6.95. The van der Waals surface area contributed by atoms with E-state index in [9.17, 15) is 0 Å². The lowest BCUT2D eigenvalue weighted by Gasteiger charge is -2.07. The molecule has 1 atom stereocenters. The molecule has 0 radical (unpaired) electrons. The van der Waals surface area contributed by atoms with Crippen LogP contribution in [0.1, 0.15) is 38.4 Å². The van der Waals surface area contributed by atoms with Crippen LogP contribution in [0.4, 0.5) is 0 Å². The van der Waals surface area contributed by atoms with Gasteiger partial charge < -0.3 is 4.57 Å². The number of halogens is 1. The van der Waals surface area contributed by atoms with E-state index in [-0.39, 0.29) is 4.60 Å². The summed E-state index contributed by atoms with van der Waals surface area (Å²) in [6, 6.07) is -3.02. The van der Waals surface area contributed by atoms with Crippen molar-refractivity contribution in [3.8, 4) is 0 Å². The van der Waals surface area contributed by atoms with Crippen LogP contribution in [0.25, 0.3) is 0 Å². The summed E-state index contributed by atoms with van der Waals surface area (Å²) in [7, 11) is 0. The summed E-state index contributed by atoms with van der Waals surface area (Å²) in [5.74, 6) is 0. The monoisotopic (exact) mass is 211 g/mol. The molecule has 3 heteroatoms. The van der Waals surface area contributed by atoms with Gasteiger partial charge in [0.25, 0.3) is 0 Å². The first-order valence-corrected chi connectivity index (χ1v) is 3.24. The highest BCUT2D eigenvalue weighted by Crippen LogP contribution is 2.12. The Kier molecular flexibility index (Phi) is 0.668. The molecule has 1 unspecified atom stereocenters. The standard InChI is InChI=1S/C7H11BrN2/c1-3-6(2)10-4-7(8)9-5-10/h4-6H,3H2,1-2H3/i1D3,2D3,3D2,6D. The van der Waals surface area contributed by atoms with Crippen molar-refractivity contribution in [2.24, 2.45) is 0 Å². The van der Waals surface area contributed by atoms with E-state index >= 15 is 0 Å². The molecule has 0 aliphatic heterocycles. The van der Waals surface area contributed by atoms with Crippen LogP contribution in [0.2, 0.25) is 0 Å². The van der Waals surface area contributed by atoms with Gasteiger partial charge in [0.05, 0.1) is 7.70 Å². The Morgan fingerprint density at radius 3 is 3.60 bits per heavy atom. The highest BCUT2D eigenvalue weighted by molar-refractivity contribution is 9.10. The molecule has 0 saturated carbocycles. The molecule has 0 bridgehead atoms. The fraction of sp³-hybridized carbons (Fsp3) is 0.571. The second-order valence-corrected chi connectivity index (χ2v) is 2.39. The van der Waals surface area contributed by atoms with Gasteiger partial charge in [-0.25, -0.2) is 4.98 Å². The number of hydrogen-bond donors (Lipinski definition) is 0. The lowest BCUT2D eigenvalue weighted by atomic mass is 10.3. The number of aromatic nitrogens is 2. The molecule has 0 amide bonds. The van der Waals surface area contributed by atoms with Crippen LogP contribution in [0.15, 0.2) is 17.1 Å². The molecule has 0 N–H and O–H groups in total. The van der Waals surface area contributed by atoms with Crippen LogP contribution >= 0.6 is 15.9 Å². The fourth-order valence-corrected chi connectivity index (χ4v) is 0.798. The van der Waals surface area contributed by atoms with Crippen molar-refractivity contribution in [3.63, 3.8) is 0 Å². The first kappa shape index (κ1) is 2.09. The van der Waals surface area contributed by atoms with Crippen LogP contribution in [-0.4, -0.2) is 9.55 Å². The third kappa shape index (κ3) is 1.59.